The third-order valence-corrected chi connectivity index (χ3v) is 5.28. The zero-order valence-electron chi connectivity index (χ0n) is 16.1. The molecule has 0 aromatic heterocycles. The third kappa shape index (κ3) is 4.77. The highest BCUT2D eigenvalue weighted by Crippen LogP contribution is 2.28. The van der Waals surface area contributed by atoms with E-state index in [4.69, 9.17) is 17.0 Å². The summed E-state index contributed by atoms with van der Waals surface area (Å²) in [5.74, 6) is 0.00277. The monoisotopic (exact) mass is 389 g/mol. The lowest BCUT2D eigenvalue weighted by molar-refractivity contribution is -0.132. The van der Waals surface area contributed by atoms with Crippen LogP contribution < -0.4 is 5.32 Å². The Hall–Kier alpha value is -2.15. The molecule has 6 nitrogen and oxygen atoms in total. The van der Waals surface area contributed by atoms with Crippen LogP contribution in [0.5, 0.6) is 0 Å². The summed E-state index contributed by atoms with van der Waals surface area (Å²) in [5, 5.41) is 3.50. The number of alkyl carbamates (subject to hydrolysis) is 1. The molecule has 2 unspecified atom stereocenters. The number of rotatable bonds is 3. The Morgan fingerprint density at radius 1 is 1.30 bits per heavy atom. The van der Waals surface area contributed by atoms with Crippen LogP contribution in [0.4, 0.5) is 4.79 Å². The highest BCUT2D eigenvalue weighted by atomic mass is 32.1. The maximum Gasteiger partial charge on any atom is 0.407 e. The molecule has 0 saturated carbocycles. The van der Waals surface area contributed by atoms with Gasteiger partial charge < -0.3 is 15.0 Å². The van der Waals surface area contributed by atoms with Crippen molar-refractivity contribution in [2.75, 3.05) is 6.54 Å². The summed E-state index contributed by atoms with van der Waals surface area (Å²) in [6.07, 6.45) is 1.62. The fraction of sp³-hybridized carbons (Fsp3) is 0.550. The lowest BCUT2D eigenvalue weighted by Crippen LogP contribution is -2.64. The molecular formula is C20H27N3O3S. The molecule has 1 N–H and O–H groups in total. The number of hydrogen-bond acceptors (Lipinski definition) is 4. The van der Waals surface area contributed by atoms with E-state index < -0.39 is 11.7 Å². The van der Waals surface area contributed by atoms with E-state index in [-0.39, 0.29) is 18.0 Å². The number of piperidine rings is 1. The second-order valence-electron chi connectivity index (χ2n) is 8.11. The van der Waals surface area contributed by atoms with Crippen molar-refractivity contribution in [2.45, 2.75) is 64.3 Å². The first-order chi connectivity index (χ1) is 12.7. The molecule has 1 aromatic carbocycles. The van der Waals surface area contributed by atoms with E-state index in [0.717, 1.165) is 24.9 Å². The van der Waals surface area contributed by atoms with Gasteiger partial charge in [-0.15, -0.1) is 0 Å². The van der Waals surface area contributed by atoms with Crippen LogP contribution >= 0.6 is 12.2 Å². The van der Waals surface area contributed by atoms with Crippen molar-refractivity contribution in [3.63, 3.8) is 0 Å². The Balaban J connectivity index is 1.69. The molecule has 27 heavy (non-hydrogen) atoms. The molecular weight excluding hydrogens is 362 g/mol. The van der Waals surface area contributed by atoms with Crippen molar-refractivity contribution in [3.05, 3.63) is 35.9 Å². The van der Waals surface area contributed by atoms with Crippen LogP contribution in [-0.4, -0.2) is 51.1 Å². The van der Waals surface area contributed by atoms with E-state index in [9.17, 15) is 9.59 Å². The summed E-state index contributed by atoms with van der Waals surface area (Å²) in [6.45, 7) is 6.78. The first-order valence-corrected chi connectivity index (χ1v) is 9.80. The number of carbonyl (C=O) groups excluding carboxylic acids is 2. The minimum atomic E-state index is -0.553. The van der Waals surface area contributed by atoms with Crippen LogP contribution in [-0.2, 0) is 16.1 Å². The Bertz CT molecular complexity index is 717. The van der Waals surface area contributed by atoms with Crippen molar-refractivity contribution in [2.24, 2.45) is 0 Å². The van der Waals surface area contributed by atoms with Crippen molar-refractivity contribution in [1.82, 2.24) is 15.1 Å². The standard InChI is InChI=1S/C20H27N3O3S/c1-20(2,3)26-18(25)21-15-10-7-11-22-16(15)12-17(24)23(19(22)27)13-14-8-5-4-6-9-14/h4-6,8-9,15-16H,7,10-13H2,1-3H3,(H,21,25). The van der Waals surface area contributed by atoms with Gasteiger partial charge in [0.05, 0.1) is 18.6 Å². The van der Waals surface area contributed by atoms with E-state index in [1.54, 1.807) is 4.90 Å². The maximum atomic E-state index is 12.8. The number of thiocarbonyl (C=S) groups is 1. The number of ether oxygens (including phenoxy) is 1. The van der Waals surface area contributed by atoms with Gasteiger partial charge in [0, 0.05) is 13.0 Å². The molecule has 1 aromatic rings. The average Bonchev–Trinajstić information content (AvgIpc) is 2.58. The third-order valence-electron chi connectivity index (χ3n) is 4.83. The summed E-state index contributed by atoms with van der Waals surface area (Å²) < 4.78 is 5.38. The molecule has 3 rings (SSSR count). The molecule has 0 radical (unpaired) electrons. The highest BCUT2D eigenvalue weighted by Gasteiger charge is 2.42. The van der Waals surface area contributed by atoms with Gasteiger partial charge in [0.2, 0.25) is 5.91 Å². The van der Waals surface area contributed by atoms with Crippen molar-refractivity contribution < 1.29 is 14.3 Å². The predicted molar refractivity (Wildman–Crippen MR) is 107 cm³/mol. The molecule has 2 saturated heterocycles. The summed E-state index contributed by atoms with van der Waals surface area (Å²) >= 11 is 5.64. The molecule has 2 aliphatic heterocycles. The lowest BCUT2D eigenvalue weighted by Gasteiger charge is -2.48. The van der Waals surface area contributed by atoms with Gasteiger partial charge in [-0.2, -0.15) is 0 Å². The van der Waals surface area contributed by atoms with Gasteiger partial charge in [-0.3, -0.25) is 9.69 Å². The number of nitrogens with one attached hydrogen (secondary N) is 1. The summed E-state index contributed by atoms with van der Waals surface area (Å²) in [7, 11) is 0. The molecule has 146 valence electrons. The van der Waals surface area contributed by atoms with Crippen LogP contribution in [0, 0.1) is 0 Å². The molecule has 0 aliphatic carbocycles. The van der Waals surface area contributed by atoms with Gasteiger partial charge in [-0.25, -0.2) is 4.79 Å². The molecule has 2 atom stereocenters. The first kappa shape index (κ1) is 19.6. The van der Waals surface area contributed by atoms with Gasteiger partial charge in [-0.1, -0.05) is 30.3 Å². The van der Waals surface area contributed by atoms with Crippen molar-refractivity contribution in [3.8, 4) is 0 Å². The van der Waals surface area contributed by atoms with Crippen LogP contribution in [0.3, 0.4) is 0 Å². The van der Waals surface area contributed by atoms with Gasteiger partial charge in [0.25, 0.3) is 0 Å². The topological polar surface area (TPSA) is 61.9 Å². The normalized spacial score (nSPS) is 23.1. The Kier molecular flexibility index (Phi) is 5.69. The van der Waals surface area contributed by atoms with E-state index in [2.05, 4.69) is 10.2 Å². The zero-order valence-corrected chi connectivity index (χ0v) is 16.9. The lowest BCUT2D eigenvalue weighted by atomic mass is 9.91. The van der Waals surface area contributed by atoms with E-state index >= 15 is 0 Å². The first-order valence-electron chi connectivity index (χ1n) is 9.39. The number of benzene rings is 1. The van der Waals surface area contributed by atoms with Gasteiger partial charge in [0.1, 0.15) is 5.60 Å². The van der Waals surface area contributed by atoms with Crippen molar-refractivity contribution in [1.29, 1.82) is 0 Å². The Labute approximate surface area is 165 Å². The predicted octanol–water partition coefficient (Wildman–Crippen LogP) is 3.06. The number of carbonyl (C=O) groups is 2. The SMILES string of the molecule is CC(C)(C)OC(=O)NC1CCCN2C(=S)N(Cc3ccccc3)C(=O)CC12. The minimum Gasteiger partial charge on any atom is -0.444 e. The number of fused-ring (bicyclic) bond motifs is 1. The second-order valence-corrected chi connectivity index (χ2v) is 8.47. The second kappa shape index (κ2) is 7.84. The van der Waals surface area contributed by atoms with E-state index in [0.29, 0.717) is 18.1 Å². The van der Waals surface area contributed by atoms with Gasteiger partial charge in [-0.05, 0) is 51.4 Å². The number of hydrogen-bond donors (Lipinski definition) is 1. The summed E-state index contributed by atoms with van der Waals surface area (Å²) in [5.41, 5.74) is 0.495. The fourth-order valence-electron chi connectivity index (χ4n) is 3.65. The smallest absolute Gasteiger partial charge is 0.407 e. The molecule has 2 heterocycles. The Morgan fingerprint density at radius 3 is 2.67 bits per heavy atom. The van der Waals surface area contributed by atoms with Crippen LogP contribution in [0.25, 0.3) is 0 Å². The van der Waals surface area contributed by atoms with Crippen LogP contribution in [0.15, 0.2) is 30.3 Å². The van der Waals surface area contributed by atoms with Gasteiger partial charge >= 0.3 is 6.09 Å². The van der Waals surface area contributed by atoms with E-state index in [1.165, 1.54) is 0 Å². The maximum absolute atomic E-state index is 12.8. The summed E-state index contributed by atoms with van der Waals surface area (Å²) in [6, 6.07) is 9.59. The number of nitrogens with zero attached hydrogens (tertiary/aromatic N) is 2. The minimum absolute atomic E-state index is 0.00277. The molecule has 2 amide bonds. The Morgan fingerprint density at radius 2 is 2.00 bits per heavy atom. The molecule has 7 heteroatoms. The summed E-state index contributed by atoms with van der Waals surface area (Å²) in [4.78, 5) is 28.7. The average molecular weight is 390 g/mol. The van der Waals surface area contributed by atoms with Gasteiger partial charge in [0.15, 0.2) is 5.11 Å². The molecule has 0 bridgehead atoms. The van der Waals surface area contributed by atoms with E-state index in [1.807, 2.05) is 51.1 Å². The highest BCUT2D eigenvalue weighted by molar-refractivity contribution is 7.80. The molecule has 2 fully saturated rings. The van der Waals surface area contributed by atoms with Crippen LogP contribution in [0.2, 0.25) is 0 Å². The number of amides is 2. The zero-order chi connectivity index (χ0) is 19.6. The molecule has 0 spiro atoms. The van der Waals surface area contributed by atoms with Crippen molar-refractivity contribution >= 4 is 29.3 Å². The quantitative estimate of drug-likeness (QED) is 0.805. The fourth-order valence-corrected chi connectivity index (χ4v) is 4.04. The molecule has 2 aliphatic rings. The van der Waals surface area contributed by atoms with Crippen LogP contribution in [0.1, 0.15) is 45.6 Å². The largest absolute Gasteiger partial charge is 0.444 e.